The van der Waals surface area contributed by atoms with Crippen molar-refractivity contribution in [3.05, 3.63) is 93.2 Å². The smallest absolute Gasteiger partial charge is 0.250 e. The second kappa shape index (κ2) is 8.30. The summed E-state index contributed by atoms with van der Waals surface area (Å²) in [4.78, 5) is 17.2. The first-order chi connectivity index (χ1) is 14.7. The molecule has 1 aromatic heterocycles. The minimum Gasteiger partial charge on any atom is -0.318 e. The zero-order valence-corrected chi connectivity index (χ0v) is 18.1. The molecule has 2 heterocycles. The van der Waals surface area contributed by atoms with E-state index in [9.17, 15) is 17.9 Å². The Labute approximate surface area is 181 Å². The molecule has 6 nitrogen and oxygen atoms in total. The van der Waals surface area contributed by atoms with E-state index in [0.29, 0.717) is 5.71 Å². The van der Waals surface area contributed by atoms with Gasteiger partial charge in [-0.2, -0.15) is 0 Å². The molecule has 4 rings (SSSR count). The van der Waals surface area contributed by atoms with Gasteiger partial charge in [0.25, 0.3) is 5.56 Å². The predicted octanol–water partition coefficient (Wildman–Crippen LogP) is 3.89. The number of pyridine rings is 1. The Morgan fingerprint density at radius 3 is 2.52 bits per heavy atom. The lowest BCUT2D eigenvalue weighted by molar-refractivity contribution is 0.536. The molecule has 0 bridgehead atoms. The lowest BCUT2D eigenvalue weighted by atomic mass is 9.90. The monoisotopic (exact) mass is 439 g/mol. The number of aliphatic imine (C=N–C) groups is 1. The summed E-state index contributed by atoms with van der Waals surface area (Å²) in [5.41, 5.74) is 5.51. The van der Waals surface area contributed by atoms with Gasteiger partial charge in [-0.25, -0.2) is 13.3 Å². The van der Waals surface area contributed by atoms with Crippen LogP contribution in [0.25, 0.3) is 11.1 Å². The molecular formula is C23H22FN3O3S. The molecular weight excluding hydrogens is 417 g/mol. The van der Waals surface area contributed by atoms with Crippen LogP contribution in [0, 0.1) is 5.82 Å². The van der Waals surface area contributed by atoms with Crippen LogP contribution in [-0.4, -0.2) is 19.0 Å². The first-order valence-electron chi connectivity index (χ1n) is 9.80. The predicted molar refractivity (Wildman–Crippen MR) is 120 cm³/mol. The van der Waals surface area contributed by atoms with E-state index in [-0.39, 0.29) is 23.5 Å². The molecule has 1 aliphatic heterocycles. The third-order valence-electron chi connectivity index (χ3n) is 5.52. The molecule has 0 saturated carbocycles. The number of hydrogen-bond donors (Lipinski definition) is 2. The number of halogens is 1. The van der Waals surface area contributed by atoms with Crippen LogP contribution in [0.5, 0.6) is 0 Å². The van der Waals surface area contributed by atoms with E-state index < -0.39 is 11.3 Å². The Balaban J connectivity index is 1.98. The molecule has 2 aromatic carbocycles. The molecule has 0 saturated heterocycles. The molecule has 2 N–H and O–H groups in total. The molecule has 1 aliphatic rings. The van der Waals surface area contributed by atoms with Crippen LogP contribution < -0.4 is 10.3 Å². The number of nitrogens with zero attached hydrogens (tertiary/aromatic N) is 2. The van der Waals surface area contributed by atoms with Crippen LogP contribution in [0.1, 0.15) is 48.2 Å². The zero-order valence-electron chi connectivity index (χ0n) is 17.3. The quantitative estimate of drug-likeness (QED) is 0.605. The highest BCUT2D eigenvalue weighted by atomic mass is 32.2. The van der Waals surface area contributed by atoms with E-state index in [1.165, 1.54) is 16.7 Å². The van der Waals surface area contributed by atoms with Gasteiger partial charge in [0.1, 0.15) is 5.82 Å². The van der Waals surface area contributed by atoms with Gasteiger partial charge >= 0.3 is 0 Å². The van der Waals surface area contributed by atoms with E-state index in [2.05, 4.69) is 4.72 Å². The Kier molecular flexibility index (Phi) is 5.70. The number of rotatable bonds is 4. The summed E-state index contributed by atoms with van der Waals surface area (Å²) in [5, 5.41) is 0. The van der Waals surface area contributed by atoms with Gasteiger partial charge in [0.15, 0.2) is 0 Å². The number of aryl methyl sites for hydroxylation is 1. The van der Waals surface area contributed by atoms with Crippen molar-refractivity contribution in [1.29, 1.82) is 0 Å². The van der Waals surface area contributed by atoms with Crippen LogP contribution in [0.3, 0.4) is 0 Å². The highest BCUT2D eigenvalue weighted by molar-refractivity contribution is 7.77. The molecule has 3 atom stereocenters. The summed E-state index contributed by atoms with van der Waals surface area (Å²) in [5.74, 6) is -0.329. The molecule has 0 spiro atoms. The fourth-order valence-corrected chi connectivity index (χ4v) is 4.30. The summed E-state index contributed by atoms with van der Waals surface area (Å²) in [7, 11) is 1.70. The third kappa shape index (κ3) is 4.14. The summed E-state index contributed by atoms with van der Waals surface area (Å²) < 4.78 is 38.1. The van der Waals surface area contributed by atoms with Gasteiger partial charge in [0.2, 0.25) is 11.3 Å². The van der Waals surface area contributed by atoms with Crippen LogP contribution >= 0.6 is 0 Å². The minimum absolute atomic E-state index is 0.130. The van der Waals surface area contributed by atoms with E-state index >= 15 is 0 Å². The number of fused-ring (bicyclic) bond motifs is 3. The maximum absolute atomic E-state index is 13.5. The first kappa shape index (κ1) is 21.3. The average molecular weight is 440 g/mol. The number of aromatic nitrogens is 1. The van der Waals surface area contributed by atoms with Crippen molar-refractivity contribution in [2.24, 2.45) is 12.0 Å². The maximum atomic E-state index is 13.5. The van der Waals surface area contributed by atoms with Gasteiger partial charge < -0.3 is 4.57 Å². The normalized spacial score (nSPS) is 17.2. The van der Waals surface area contributed by atoms with Gasteiger partial charge in [-0.1, -0.05) is 12.1 Å². The summed E-state index contributed by atoms with van der Waals surface area (Å²) >= 11 is -2.15. The van der Waals surface area contributed by atoms with Crippen molar-refractivity contribution in [3.8, 4) is 11.1 Å². The van der Waals surface area contributed by atoms with Crippen LogP contribution in [-0.2, 0) is 18.3 Å². The third-order valence-corrected chi connectivity index (χ3v) is 6.07. The van der Waals surface area contributed by atoms with Crippen molar-refractivity contribution in [2.45, 2.75) is 25.9 Å². The Morgan fingerprint density at radius 2 is 1.84 bits per heavy atom. The van der Waals surface area contributed by atoms with Crippen molar-refractivity contribution < 1.29 is 13.2 Å². The van der Waals surface area contributed by atoms with Gasteiger partial charge in [0, 0.05) is 42.0 Å². The van der Waals surface area contributed by atoms with Gasteiger partial charge in [-0.15, -0.1) is 0 Å². The average Bonchev–Trinajstić information content (AvgIpc) is 2.83. The molecule has 0 fully saturated rings. The van der Waals surface area contributed by atoms with E-state index in [4.69, 9.17) is 4.99 Å². The van der Waals surface area contributed by atoms with E-state index in [1.54, 1.807) is 38.4 Å². The van der Waals surface area contributed by atoms with Gasteiger partial charge in [0.05, 0.1) is 11.8 Å². The molecule has 160 valence electrons. The summed E-state index contributed by atoms with van der Waals surface area (Å²) in [6, 6.07) is 12.8. The molecule has 3 unspecified atom stereocenters. The summed E-state index contributed by atoms with van der Waals surface area (Å²) in [6.07, 6.45) is 1.79. The van der Waals surface area contributed by atoms with Gasteiger partial charge in [-0.05, 0) is 60.9 Å². The first-order valence-corrected chi connectivity index (χ1v) is 10.9. The molecule has 0 amide bonds. The van der Waals surface area contributed by atoms with Crippen molar-refractivity contribution >= 4 is 17.0 Å². The molecule has 0 aliphatic carbocycles. The molecule has 0 radical (unpaired) electrons. The maximum Gasteiger partial charge on any atom is 0.250 e. The molecule has 8 heteroatoms. The molecule has 3 aromatic rings. The standard InChI is InChI=1S/C23H22FN3O3S/c1-13(26-31(29)30)16-6-9-18-20(10-16)21-12-27(3)22(28)11-19(21)14(2)25-23(18)15-4-7-17(24)8-5-15/h4-14,26H,1-3H3,(H,29,30). The number of hydrogen-bond acceptors (Lipinski definition) is 3. The zero-order chi connectivity index (χ0) is 22.3. The van der Waals surface area contributed by atoms with Gasteiger partial charge in [-0.3, -0.25) is 14.3 Å². The number of benzene rings is 2. The highest BCUT2D eigenvalue weighted by Crippen LogP contribution is 2.38. The minimum atomic E-state index is -2.15. The Morgan fingerprint density at radius 1 is 1.13 bits per heavy atom. The fraction of sp³-hybridized carbons (Fsp3) is 0.217. The second-order valence-corrected chi connectivity index (χ2v) is 8.38. The van der Waals surface area contributed by atoms with Crippen LogP contribution in [0.2, 0.25) is 0 Å². The van der Waals surface area contributed by atoms with Crippen molar-refractivity contribution in [1.82, 2.24) is 9.29 Å². The topological polar surface area (TPSA) is 83.7 Å². The van der Waals surface area contributed by atoms with E-state index in [0.717, 1.165) is 33.4 Å². The SMILES string of the molecule is CC1N=C(c2ccc(F)cc2)c2ccc(C(C)NS(=O)O)cc2-c2cn(C)c(=O)cc21. The fourth-order valence-electron chi connectivity index (χ4n) is 3.87. The van der Waals surface area contributed by atoms with Crippen molar-refractivity contribution in [3.63, 3.8) is 0 Å². The largest absolute Gasteiger partial charge is 0.318 e. The highest BCUT2D eigenvalue weighted by Gasteiger charge is 2.25. The second-order valence-electron chi connectivity index (χ2n) is 7.65. The van der Waals surface area contributed by atoms with Crippen molar-refractivity contribution in [2.75, 3.05) is 0 Å². The lowest BCUT2D eigenvalue weighted by Gasteiger charge is -2.17. The van der Waals surface area contributed by atoms with Crippen LogP contribution in [0.4, 0.5) is 4.39 Å². The molecule has 31 heavy (non-hydrogen) atoms. The lowest BCUT2D eigenvalue weighted by Crippen LogP contribution is -2.21. The Hall–Kier alpha value is -2.94. The number of nitrogens with one attached hydrogen (secondary N) is 1. The van der Waals surface area contributed by atoms with E-state index in [1.807, 2.05) is 25.1 Å². The summed E-state index contributed by atoms with van der Waals surface area (Å²) in [6.45, 7) is 3.72. The Bertz CT molecular complexity index is 1270. The van der Waals surface area contributed by atoms with Crippen LogP contribution in [0.15, 0.2) is 64.5 Å².